The van der Waals surface area contributed by atoms with Crippen molar-refractivity contribution in [3.8, 4) is 0 Å². The highest BCUT2D eigenvalue weighted by Gasteiger charge is 2.63. The molecule has 2 aromatic heterocycles. The first-order valence-corrected chi connectivity index (χ1v) is 15.1. The number of imidazole rings is 1. The van der Waals surface area contributed by atoms with Crippen molar-refractivity contribution in [3.05, 3.63) is 73.3 Å². The zero-order valence-corrected chi connectivity index (χ0v) is 24.6. The molecule has 212 valence electrons. The third kappa shape index (κ3) is 5.28. The Morgan fingerprint density at radius 3 is 2.25 bits per heavy atom. The SMILES string of the molecule is COC(C)O[C@@H]1[C@H](O)[C@@H](COC(C)(C)C)O[C@]1(n1cnc2c(N)ncnc21)[SiH](c1ccccc1)c1ccccc1. The van der Waals surface area contributed by atoms with Gasteiger partial charge in [0.05, 0.1) is 18.5 Å². The molecule has 1 aliphatic heterocycles. The van der Waals surface area contributed by atoms with E-state index in [-0.39, 0.29) is 12.4 Å². The highest BCUT2D eigenvalue weighted by molar-refractivity contribution is 6.86. The summed E-state index contributed by atoms with van der Waals surface area (Å²) in [6.07, 6.45) is -0.215. The minimum Gasteiger partial charge on any atom is -0.387 e. The first kappa shape index (κ1) is 28.3. The number of methoxy groups -OCH3 is 1. The number of fused-ring (bicyclic) bond motifs is 1. The lowest BCUT2D eigenvalue weighted by Crippen LogP contribution is -2.67. The molecular formula is C29H37N5O5Si. The van der Waals surface area contributed by atoms with E-state index in [1.54, 1.807) is 20.4 Å². The highest BCUT2D eigenvalue weighted by atomic mass is 28.3. The summed E-state index contributed by atoms with van der Waals surface area (Å²) in [4.78, 5) is 13.3. The van der Waals surface area contributed by atoms with E-state index in [0.29, 0.717) is 11.2 Å². The first-order valence-electron chi connectivity index (χ1n) is 13.4. The number of aliphatic hydroxyl groups excluding tert-OH is 1. The number of hydrogen-bond donors (Lipinski definition) is 2. The Bertz CT molecular complexity index is 1380. The lowest BCUT2D eigenvalue weighted by Gasteiger charge is -2.42. The van der Waals surface area contributed by atoms with Crippen LogP contribution in [-0.2, 0) is 24.3 Å². The molecule has 1 unspecified atom stereocenters. The number of nitrogen functional groups attached to an aromatic ring is 1. The minimum absolute atomic E-state index is 0.155. The fourth-order valence-electron chi connectivity index (χ4n) is 5.36. The molecule has 0 saturated carbocycles. The zero-order chi connectivity index (χ0) is 28.5. The van der Waals surface area contributed by atoms with Crippen molar-refractivity contribution in [1.82, 2.24) is 19.5 Å². The van der Waals surface area contributed by atoms with Gasteiger partial charge in [0.15, 0.2) is 31.9 Å². The van der Waals surface area contributed by atoms with Crippen LogP contribution in [0.4, 0.5) is 5.82 Å². The monoisotopic (exact) mass is 563 g/mol. The smallest absolute Gasteiger partial charge is 0.167 e. The Hall–Kier alpha value is -3.19. The number of nitrogens with two attached hydrogens (primary N) is 1. The second-order valence-corrected chi connectivity index (χ2v) is 14.0. The van der Waals surface area contributed by atoms with Crippen LogP contribution in [0.3, 0.4) is 0 Å². The third-order valence-corrected chi connectivity index (χ3v) is 10.9. The van der Waals surface area contributed by atoms with E-state index in [0.717, 1.165) is 10.4 Å². The predicted molar refractivity (Wildman–Crippen MR) is 155 cm³/mol. The molecule has 1 saturated heterocycles. The molecule has 10 nitrogen and oxygen atoms in total. The fourth-order valence-corrected chi connectivity index (χ4v) is 9.30. The van der Waals surface area contributed by atoms with Gasteiger partial charge in [-0.15, -0.1) is 0 Å². The summed E-state index contributed by atoms with van der Waals surface area (Å²) in [5.41, 5.74) is 6.71. The molecule has 0 bridgehead atoms. The maximum absolute atomic E-state index is 11.9. The molecule has 0 radical (unpaired) electrons. The van der Waals surface area contributed by atoms with Gasteiger partial charge in [-0.2, -0.15) is 0 Å². The molecule has 11 heteroatoms. The van der Waals surface area contributed by atoms with Crippen LogP contribution in [0.15, 0.2) is 73.3 Å². The number of nitrogens with zero attached hydrogens (tertiary/aromatic N) is 4. The van der Waals surface area contributed by atoms with Crippen LogP contribution < -0.4 is 16.1 Å². The van der Waals surface area contributed by atoms with Crippen LogP contribution >= 0.6 is 0 Å². The van der Waals surface area contributed by atoms with Crippen LogP contribution in [0.2, 0.25) is 0 Å². The second-order valence-electron chi connectivity index (χ2n) is 11.0. The Morgan fingerprint density at radius 2 is 1.68 bits per heavy atom. The van der Waals surface area contributed by atoms with Gasteiger partial charge in [0.1, 0.15) is 30.2 Å². The lowest BCUT2D eigenvalue weighted by molar-refractivity contribution is -0.194. The Morgan fingerprint density at radius 1 is 1.05 bits per heavy atom. The van der Waals surface area contributed by atoms with E-state index < -0.39 is 44.3 Å². The normalized spacial score (nSPS) is 24.1. The second kappa shape index (κ2) is 11.4. The molecule has 5 atom stereocenters. The Balaban J connectivity index is 1.81. The Labute approximate surface area is 235 Å². The first-order chi connectivity index (χ1) is 19.2. The van der Waals surface area contributed by atoms with Crippen LogP contribution in [0.1, 0.15) is 27.7 Å². The summed E-state index contributed by atoms with van der Waals surface area (Å²) in [6.45, 7) is 7.86. The molecule has 40 heavy (non-hydrogen) atoms. The molecule has 5 rings (SSSR count). The number of rotatable bonds is 9. The van der Waals surface area contributed by atoms with Crippen molar-refractivity contribution in [2.75, 3.05) is 19.5 Å². The molecule has 3 N–H and O–H groups in total. The Kier molecular flexibility index (Phi) is 8.05. The number of anilines is 1. The summed E-state index contributed by atoms with van der Waals surface area (Å²) < 4.78 is 27.2. The summed E-state index contributed by atoms with van der Waals surface area (Å²) in [5, 5.41) is 12.9. The number of hydrogen-bond acceptors (Lipinski definition) is 9. The van der Waals surface area contributed by atoms with E-state index in [4.69, 9.17) is 24.7 Å². The molecule has 1 fully saturated rings. The minimum atomic E-state index is -2.52. The third-order valence-electron chi connectivity index (χ3n) is 7.21. The summed E-state index contributed by atoms with van der Waals surface area (Å²) in [6, 6.07) is 20.4. The van der Waals surface area contributed by atoms with E-state index in [1.165, 1.54) is 6.33 Å². The largest absolute Gasteiger partial charge is 0.387 e. The maximum atomic E-state index is 11.9. The van der Waals surface area contributed by atoms with Crippen molar-refractivity contribution in [2.24, 2.45) is 0 Å². The molecule has 0 aliphatic carbocycles. The van der Waals surface area contributed by atoms with Crippen LogP contribution in [0.25, 0.3) is 11.2 Å². The van der Waals surface area contributed by atoms with Gasteiger partial charge >= 0.3 is 0 Å². The maximum Gasteiger partial charge on any atom is 0.167 e. The molecule has 0 amide bonds. The van der Waals surface area contributed by atoms with E-state index >= 15 is 0 Å². The summed E-state index contributed by atoms with van der Waals surface area (Å²) in [7, 11) is -0.955. The number of ether oxygens (including phenoxy) is 4. The summed E-state index contributed by atoms with van der Waals surface area (Å²) in [5.74, 6) is 0.255. The molecule has 0 spiro atoms. The van der Waals surface area contributed by atoms with E-state index in [9.17, 15) is 5.11 Å². The molecule has 1 aliphatic rings. The van der Waals surface area contributed by atoms with Crippen molar-refractivity contribution in [1.29, 1.82) is 0 Å². The van der Waals surface area contributed by atoms with Gasteiger partial charge in [0, 0.05) is 7.11 Å². The predicted octanol–water partition coefficient (Wildman–Crippen LogP) is 1.59. The van der Waals surface area contributed by atoms with Gasteiger partial charge in [-0.05, 0) is 27.7 Å². The summed E-state index contributed by atoms with van der Waals surface area (Å²) >= 11 is 0. The van der Waals surface area contributed by atoms with E-state index in [1.807, 2.05) is 61.7 Å². The average molecular weight is 564 g/mol. The van der Waals surface area contributed by atoms with Crippen LogP contribution in [-0.4, -0.2) is 77.3 Å². The number of benzene rings is 2. The molecule has 2 aromatic carbocycles. The fraction of sp³-hybridized carbons (Fsp3) is 0.414. The van der Waals surface area contributed by atoms with Crippen molar-refractivity contribution >= 4 is 36.2 Å². The standard InChI is InChI=1S/C29H37N5O5Si/c1-19(36-5)38-25-24(35)22(16-37-28(2,3)4)39-29(25,34-18-33-23-26(30)31-17-32-27(23)34)40(20-12-8-6-9-13-20)21-14-10-7-11-15-21/h6-15,17-19,22,24-25,35,40H,16H2,1-5H3,(H2,30,31,32)/t19?,22-,24-,25-,29+/m1/s1. The van der Waals surface area contributed by atoms with Gasteiger partial charge in [-0.25, -0.2) is 15.0 Å². The average Bonchev–Trinajstić information content (AvgIpc) is 3.50. The van der Waals surface area contributed by atoms with Crippen molar-refractivity contribution in [3.63, 3.8) is 0 Å². The van der Waals surface area contributed by atoms with Gasteiger partial charge in [0.25, 0.3) is 0 Å². The zero-order valence-electron chi connectivity index (χ0n) is 23.5. The van der Waals surface area contributed by atoms with E-state index in [2.05, 4.69) is 39.2 Å². The van der Waals surface area contributed by atoms with Crippen molar-refractivity contribution < 1.29 is 24.1 Å². The molecular weight excluding hydrogens is 526 g/mol. The highest BCUT2D eigenvalue weighted by Crippen LogP contribution is 2.42. The number of aromatic nitrogens is 4. The number of aliphatic hydroxyl groups is 1. The van der Waals surface area contributed by atoms with Gasteiger partial charge in [-0.3, -0.25) is 4.57 Å². The van der Waals surface area contributed by atoms with Gasteiger partial charge < -0.3 is 29.8 Å². The van der Waals surface area contributed by atoms with Crippen molar-refractivity contribution in [2.45, 2.75) is 63.2 Å². The quantitative estimate of drug-likeness (QED) is 0.231. The topological polar surface area (TPSA) is 127 Å². The van der Waals surface area contributed by atoms with Crippen LogP contribution in [0, 0.1) is 0 Å². The van der Waals surface area contributed by atoms with Crippen LogP contribution in [0.5, 0.6) is 0 Å². The molecule has 4 aromatic rings. The molecule has 3 heterocycles. The lowest BCUT2D eigenvalue weighted by atomic mass is 10.1. The van der Waals surface area contributed by atoms with Gasteiger partial charge in [0.2, 0.25) is 0 Å². The van der Waals surface area contributed by atoms with Gasteiger partial charge in [-0.1, -0.05) is 71.0 Å².